The van der Waals surface area contributed by atoms with E-state index in [1.807, 2.05) is 6.92 Å². The van der Waals surface area contributed by atoms with Gasteiger partial charge >= 0.3 is 0 Å². The highest BCUT2D eigenvalue weighted by atomic mass is 16.4. The number of hydrazone groups is 1. The van der Waals surface area contributed by atoms with E-state index in [0.717, 1.165) is 25.6 Å². The lowest BCUT2D eigenvalue weighted by molar-refractivity contribution is -0.100. The molecule has 0 aromatic heterocycles. The van der Waals surface area contributed by atoms with E-state index in [1.54, 1.807) is 12.1 Å². The minimum Gasteiger partial charge on any atom is -0.394 e. The number of hydrogen-bond acceptors (Lipinski definition) is 7. The lowest BCUT2D eigenvalue weighted by Gasteiger charge is -2.23. The van der Waals surface area contributed by atoms with Crippen LogP contribution in [0.25, 0.3) is 0 Å². The maximum atomic E-state index is 9.53. The Morgan fingerprint density at radius 2 is 1.78 bits per heavy atom. The average molecular weight is 264 g/mol. The fraction of sp³-hybridized carbons (Fsp3) is 0.909. The Hall–Kier alpha value is -0.730. The maximum Gasteiger partial charge on any atom is 0.119 e. The van der Waals surface area contributed by atoms with Crippen molar-refractivity contribution in [1.29, 1.82) is 0 Å². The number of rotatable bonds is 9. The first-order valence-electron chi connectivity index (χ1n) is 6.02. The van der Waals surface area contributed by atoms with Crippen LogP contribution >= 0.6 is 0 Å². The van der Waals surface area contributed by atoms with E-state index in [1.165, 1.54) is 0 Å². The first kappa shape index (κ1) is 17.3. The molecule has 5 N–H and O–H groups in total. The molecule has 18 heavy (non-hydrogen) atoms. The van der Waals surface area contributed by atoms with E-state index in [-0.39, 0.29) is 0 Å². The quantitative estimate of drug-likeness (QED) is 0.246. The van der Waals surface area contributed by atoms with E-state index < -0.39 is 31.0 Å². The summed E-state index contributed by atoms with van der Waals surface area (Å²) in [6, 6.07) is 0. The van der Waals surface area contributed by atoms with Gasteiger partial charge in [0.25, 0.3) is 0 Å². The zero-order valence-corrected chi connectivity index (χ0v) is 10.8. The monoisotopic (exact) mass is 264 g/mol. The second-order valence-corrected chi connectivity index (χ2v) is 4.22. The third-order valence-corrected chi connectivity index (χ3v) is 2.53. The predicted octanol–water partition coefficient (Wildman–Crippen LogP) is -1.86. The Bertz CT molecular complexity index is 239. The first-order chi connectivity index (χ1) is 8.43. The molecule has 0 aliphatic carbocycles. The summed E-state index contributed by atoms with van der Waals surface area (Å²) >= 11 is 0. The second-order valence-electron chi connectivity index (χ2n) is 4.22. The molecule has 0 saturated carbocycles. The van der Waals surface area contributed by atoms with Crippen molar-refractivity contribution in [3.8, 4) is 0 Å². The summed E-state index contributed by atoms with van der Waals surface area (Å²) in [6.45, 7) is 2.07. The minimum absolute atomic E-state index is 0.696. The van der Waals surface area contributed by atoms with Gasteiger partial charge in [0.2, 0.25) is 0 Å². The number of unbranched alkanes of at least 4 members (excludes halogenated alkanes) is 1. The van der Waals surface area contributed by atoms with E-state index >= 15 is 0 Å². The highest BCUT2D eigenvalue weighted by Crippen LogP contribution is 2.04. The molecule has 0 aliphatic rings. The largest absolute Gasteiger partial charge is 0.394 e. The molecule has 0 fully saturated rings. The zero-order chi connectivity index (χ0) is 14.1. The van der Waals surface area contributed by atoms with Crippen LogP contribution in [0.1, 0.15) is 19.8 Å². The third kappa shape index (κ3) is 6.27. The molecule has 108 valence electrons. The van der Waals surface area contributed by atoms with Crippen molar-refractivity contribution in [3.63, 3.8) is 0 Å². The van der Waals surface area contributed by atoms with Gasteiger partial charge in [-0.3, -0.25) is 0 Å². The molecule has 0 aromatic rings. The molecule has 4 atom stereocenters. The predicted molar refractivity (Wildman–Crippen MR) is 67.1 cm³/mol. The molecule has 0 radical (unpaired) electrons. The van der Waals surface area contributed by atoms with Gasteiger partial charge in [0.15, 0.2) is 0 Å². The molecule has 0 unspecified atom stereocenters. The summed E-state index contributed by atoms with van der Waals surface area (Å²) in [6.07, 6.45) is -3.07. The molecule has 0 aliphatic heterocycles. The van der Waals surface area contributed by atoms with Gasteiger partial charge in [0.05, 0.1) is 12.8 Å². The molecule has 0 aromatic carbocycles. The van der Waals surface area contributed by atoms with Gasteiger partial charge in [0.1, 0.15) is 24.4 Å². The summed E-state index contributed by atoms with van der Waals surface area (Å²) in [7, 11) is 1.73. The Balaban J connectivity index is 4.21. The van der Waals surface area contributed by atoms with Gasteiger partial charge in [0, 0.05) is 13.6 Å². The number of aliphatic hydroxyl groups excluding tert-OH is 5. The van der Waals surface area contributed by atoms with Crippen molar-refractivity contribution in [1.82, 2.24) is 5.01 Å². The lowest BCUT2D eigenvalue weighted by atomic mass is 10.0. The summed E-state index contributed by atoms with van der Waals surface area (Å²) in [5, 5.41) is 51.6. The van der Waals surface area contributed by atoms with Crippen LogP contribution in [0.2, 0.25) is 0 Å². The molecule has 0 saturated heterocycles. The normalized spacial score (nSPS) is 18.6. The first-order valence-corrected chi connectivity index (χ1v) is 6.02. The number of hydrogen-bond donors (Lipinski definition) is 5. The van der Waals surface area contributed by atoms with Crippen molar-refractivity contribution in [2.75, 3.05) is 20.2 Å². The van der Waals surface area contributed by atoms with Crippen LogP contribution in [0, 0.1) is 0 Å². The van der Waals surface area contributed by atoms with E-state index in [4.69, 9.17) is 10.2 Å². The van der Waals surface area contributed by atoms with Crippen LogP contribution in [0.5, 0.6) is 0 Å². The van der Waals surface area contributed by atoms with E-state index in [2.05, 4.69) is 5.10 Å². The fourth-order valence-corrected chi connectivity index (χ4v) is 1.25. The molecular weight excluding hydrogens is 240 g/mol. The summed E-state index contributed by atoms with van der Waals surface area (Å²) in [5.41, 5.74) is 0. The Morgan fingerprint density at radius 3 is 2.28 bits per heavy atom. The number of aliphatic hydroxyl groups is 5. The molecule has 0 bridgehead atoms. The standard InChI is InChI=1S/C11H24N2O5/c1-3-4-5-13(2)12-6-8(15)10(17)11(18)9(16)7-14/h6,8-11,14-18H,3-5,7H2,1-2H3/b12-6+/t8-,9+,10+,11-/m0/s1. The van der Waals surface area contributed by atoms with Crippen molar-refractivity contribution >= 4 is 6.21 Å². The van der Waals surface area contributed by atoms with Gasteiger partial charge in [-0.1, -0.05) is 13.3 Å². The van der Waals surface area contributed by atoms with E-state index in [9.17, 15) is 15.3 Å². The van der Waals surface area contributed by atoms with Crippen molar-refractivity contribution in [3.05, 3.63) is 0 Å². The smallest absolute Gasteiger partial charge is 0.119 e. The van der Waals surface area contributed by atoms with Crippen molar-refractivity contribution in [2.24, 2.45) is 5.10 Å². The molecule has 0 heterocycles. The summed E-state index contributed by atoms with van der Waals surface area (Å²) in [4.78, 5) is 0. The highest BCUT2D eigenvalue weighted by Gasteiger charge is 2.29. The zero-order valence-electron chi connectivity index (χ0n) is 10.8. The summed E-state index contributed by atoms with van der Waals surface area (Å²) < 4.78 is 0. The van der Waals surface area contributed by atoms with E-state index in [0.29, 0.717) is 0 Å². The van der Waals surface area contributed by atoms with Gasteiger partial charge in [-0.25, -0.2) is 0 Å². The molecule has 0 spiro atoms. The third-order valence-electron chi connectivity index (χ3n) is 2.53. The molecular formula is C11H24N2O5. The van der Waals surface area contributed by atoms with Gasteiger partial charge in [-0.15, -0.1) is 0 Å². The topological polar surface area (TPSA) is 117 Å². The van der Waals surface area contributed by atoms with Crippen LogP contribution in [0.3, 0.4) is 0 Å². The van der Waals surface area contributed by atoms with Crippen LogP contribution in [-0.2, 0) is 0 Å². The fourth-order valence-electron chi connectivity index (χ4n) is 1.25. The highest BCUT2D eigenvalue weighted by molar-refractivity contribution is 5.63. The van der Waals surface area contributed by atoms with Crippen LogP contribution in [-0.4, -0.2) is 81.4 Å². The van der Waals surface area contributed by atoms with Crippen molar-refractivity contribution < 1.29 is 25.5 Å². The van der Waals surface area contributed by atoms with Crippen molar-refractivity contribution in [2.45, 2.75) is 44.2 Å². The van der Waals surface area contributed by atoms with Crippen LogP contribution < -0.4 is 0 Å². The van der Waals surface area contributed by atoms with Gasteiger partial charge in [-0.2, -0.15) is 5.10 Å². The Labute approximate surface area is 107 Å². The summed E-state index contributed by atoms with van der Waals surface area (Å²) in [5.74, 6) is 0. The van der Waals surface area contributed by atoms with Gasteiger partial charge in [-0.05, 0) is 6.42 Å². The lowest BCUT2D eigenvalue weighted by Crippen LogP contribution is -2.46. The molecule has 0 rings (SSSR count). The molecule has 0 amide bonds. The van der Waals surface area contributed by atoms with Crippen LogP contribution in [0.4, 0.5) is 0 Å². The average Bonchev–Trinajstić information content (AvgIpc) is 2.39. The Kier molecular flexibility index (Phi) is 8.86. The van der Waals surface area contributed by atoms with Gasteiger partial charge < -0.3 is 30.5 Å². The number of nitrogens with zero attached hydrogens (tertiary/aromatic N) is 2. The Morgan fingerprint density at radius 1 is 1.17 bits per heavy atom. The minimum atomic E-state index is -1.63. The van der Waals surface area contributed by atoms with Crippen LogP contribution in [0.15, 0.2) is 5.10 Å². The maximum absolute atomic E-state index is 9.53. The molecule has 7 nitrogen and oxygen atoms in total. The second kappa shape index (κ2) is 9.23. The SMILES string of the molecule is CCCCN(C)/N=C/[C@H](O)[C@@H](O)[C@@H](O)[C@H](O)CO. The molecule has 7 heteroatoms.